The van der Waals surface area contributed by atoms with E-state index in [1.165, 1.54) is 7.11 Å². The van der Waals surface area contributed by atoms with Crippen molar-refractivity contribution in [3.63, 3.8) is 0 Å². The van der Waals surface area contributed by atoms with E-state index in [9.17, 15) is 9.90 Å². The van der Waals surface area contributed by atoms with Gasteiger partial charge in [-0.2, -0.15) is 0 Å². The van der Waals surface area contributed by atoms with Crippen molar-refractivity contribution in [2.45, 2.75) is 25.5 Å². The summed E-state index contributed by atoms with van der Waals surface area (Å²) in [4.78, 5) is 12.1. The molecule has 0 fully saturated rings. The molecule has 1 unspecified atom stereocenters. The molecule has 1 aliphatic heterocycles. The molecule has 2 aromatic rings. The highest BCUT2D eigenvalue weighted by Gasteiger charge is 2.16. The van der Waals surface area contributed by atoms with Gasteiger partial charge in [0.2, 0.25) is 12.7 Å². The monoisotopic (exact) mass is 373 g/mol. The number of carbonyl (C=O) groups is 1. The van der Waals surface area contributed by atoms with Crippen LogP contribution in [0.1, 0.15) is 30.1 Å². The minimum atomic E-state index is -0.804. The van der Waals surface area contributed by atoms with Crippen molar-refractivity contribution < 1.29 is 28.8 Å². The minimum absolute atomic E-state index is 0.140. The third-order valence-corrected chi connectivity index (χ3v) is 4.37. The highest BCUT2D eigenvalue weighted by molar-refractivity contribution is 5.76. The van der Waals surface area contributed by atoms with Gasteiger partial charge in [-0.1, -0.05) is 6.07 Å². The molecular formula is C20H23NO6. The number of hydrogen-bond acceptors (Lipinski definition) is 6. The van der Waals surface area contributed by atoms with Gasteiger partial charge in [0.1, 0.15) is 11.5 Å². The Kier molecular flexibility index (Phi) is 6.03. The van der Waals surface area contributed by atoms with Crippen LogP contribution in [0.4, 0.5) is 0 Å². The molecule has 0 saturated carbocycles. The van der Waals surface area contributed by atoms with Gasteiger partial charge in [0.15, 0.2) is 11.5 Å². The first-order chi connectivity index (χ1) is 13.1. The van der Waals surface area contributed by atoms with E-state index in [2.05, 4.69) is 5.32 Å². The summed E-state index contributed by atoms with van der Waals surface area (Å²) < 4.78 is 21.0. The molecular weight excluding hydrogens is 350 g/mol. The van der Waals surface area contributed by atoms with Crippen LogP contribution < -0.4 is 24.3 Å². The quantitative estimate of drug-likeness (QED) is 0.740. The van der Waals surface area contributed by atoms with E-state index in [0.717, 1.165) is 5.56 Å². The van der Waals surface area contributed by atoms with Gasteiger partial charge in [-0.05, 0) is 36.2 Å². The molecule has 3 rings (SSSR count). The summed E-state index contributed by atoms with van der Waals surface area (Å²) in [6.07, 6.45) is -0.321. The normalized spacial score (nSPS) is 13.1. The number of amides is 1. The number of aliphatic hydroxyl groups excluding tert-OH is 1. The van der Waals surface area contributed by atoms with E-state index < -0.39 is 6.10 Å². The van der Waals surface area contributed by atoms with Crippen molar-refractivity contribution in [3.05, 3.63) is 47.5 Å². The zero-order chi connectivity index (χ0) is 19.2. The number of hydrogen-bond donors (Lipinski definition) is 2. The van der Waals surface area contributed by atoms with Crippen molar-refractivity contribution >= 4 is 5.91 Å². The van der Waals surface area contributed by atoms with E-state index in [1.807, 2.05) is 18.2 Å². The smallest absolute Gasteiger partial charge is 0.231 e. The summed E-state index contributed by atoms with van der Waals surface area (Å²) in [6.45, 7) is 0.606. The van der Waals surface area contributed by atoms with Gasteiger partial charge in [0, 0.05) is 24.6 Å². The maximum absolute atomic E-state index is 12.1. The van der Waals surface area contributed by atoms with Crippen LogP contribution in [0.2, 0.25) is 0 Å². The summed E-state index contributed by atoms with van der Waals surface area (Å²) in [7, 11) is 3.10. The van der Waals surface area contributed by atoms with Gasteiger partial charge >= 0.3 is 0 Å². The second kappa shape index (κ2) is 8.64. The van der Waals surface area contributed by atoms with Gasteiger partial charge in [0.25, 0.3) is 0 Å². The Balaban J connectivity index is 1.50. The molecule has 144 valence electrons. The first kappa shape index (κ1) is 18.8. The summed E-state index contributed by atoms with van der Waals surface area (Å²) >= 11 is 0. The van der Waals surface area contributed by atoms with Gasteiger partial charge in [-0.25, -0.2) is 0 Å². The van der Waals surface area contributed by atoms with Gasteiger partial charge in [0.05, 0.1) is 20.3 Å². The van der Waals surface area contributed by atoms with Crippen LogP contribution in [0.5, 0.6) is 23.0 Å². The van der Waals surface area contributed by atoms with E-state index in [1.54, 1.807) is 25.3 Å². The molecule has 0 saturated heterocycles. The molecule has 7 nitrogen and oxygen atoms in total. The number of methoxy groups -OCH3 is 2. The Hall–Kier alpha value is -2.93. The lowest BCUT2D eigenvalue weighted by atomic mass is 10.0. The fourth-order valence-corrected chi connectivity index (χ4v) is 2.86. The third kappa shape index (κ3) is 4.62. The van der Waals surface area contributed by atoms with E-state index in [0.29, 0.717) is 35.1 Å². The van der Waals surface area contributed by atoms with Crippen LogP contribution in [0, 0.1) is 0 Å². The number of carbonyl (C=O) groups excluding carboxylic acids is 1. The summed E-state index contributed by atoms with van der Waals surface area (Å²) in [5, 5.41) is 13.3. The Morgan fingerprint density at radius 3 is 2.74 bits per heavy atom. The topological polar surface area (TPSA) is 86.3 Å². The maximum Gasteiger partial charge on any atom is 0.231 e. The zero-order valence-electron chi connectivity index (χ0n) is 15.4. The number of aliphatic hydroxyl groups is 1. The summed E-state index contributed by atoms with van der Waals surface area (Å²) in [5.74, 6) is 2.43. The molecule has 2 aromatic carbocycles. The van der Waals surface area contributed by atoms with Crippen LogP contribution in [0.3, 0.4) is 0 Å². The lowest BCUT2D eigenvalue weighted by Gasteiger charge is -2.15. The number of nitrogens with one attached hydrogen (secondary N) is 1. The van der Waals surface area contributed by atoms with Crippen molar-refractivity contribution in [2.75, 3.05) is 21.0 Å². The SMILES string of the molecule is COc1ccc(C(O)CCC(=O)NCc2ccc3c(c2)OCO3)c(OC)c1. The number of fused-ring (bicyclic) bond motifs is 1. The molecule has 0 bridgehead atoms. The van der Waals surface area contributed by atoms with Crippen LogP contribution in [-0.2, 0) is 11.3 Å². The van der Waals surface area contributed by atoms with Crippen molar-refractivity contribution in [2.24, 2.45) is 0 Å². The molecule has 1 heterocycles. The lowest BCUT2D eigenvalue weighted by molar-refractivity contribution is -0.121. The molecule has 7 heteroatoms. The van der Waals surface area contributed by atoms with Gasteiger partial charge < -0.3 is 29.4 Å². The van der Waals surface area contributed by atoms with E-state index in [4.69, 9.17) is 18.9 Å². The average Bonchev–Trinajstić information content (AvgIpc) is 3.17. The molecule has 1 atom stereocenters. The predicted octanol–water partition coefficient (Wildman–Crippen LogP) is 2.56. The molecule has 0 aliphatic carbocycles. The largest absolute Gasteiger partial charge is 0.497 e. The highest BCUT2D eigenvalue weighted by atomic mass is 16.7. The standard InChI is InChI=1S/C20H23NO6/c1-24-14-4-5-15(18(10-14)25-2)16(22)6-8-20(23)21-11-13-3-7-17-19(9-13)27-12-26-17/h3-5,7,9-10,16,22H,6,8,11-12H2,1-2H3,(H,21,23). The molecule has 0 spiro atoms. The first-order valence-electron chi connectivity index (χ1n) is 8.66. The predicted molar refractivity (Wildman–Crippen MR) is 98.2 cm³/mol. The van der Waals surface area contributed by atoms with Crippen LogP contribution in [0.15, 0.2) is 36.4 Å². The van der Waals surface area contributed by atoms with Crippen molar-refractivity contribution in [1.29, 1.82) is 0 Å². The Bertz CT molecular complexity index is 807. The number of benzene rings is 2. The molecule has 0 radical (unpaired) electrons. The first-order valence-corrected chi connectivity index (χ1v) is 8.66. The molecule has 1 amide bonds. The maximum atomic E-state index is 12.1. The summed E-state index contributed by atoms with van der Waals surface area (Å²) in [5.41, 5.74) is 1.55. The van der Waals surface area contributed by atoms with E-state index in [-0.39, 0.29) is 25.5 Å². The Morgan fingerprint density at radius 1 is 1.15 bits per heavy atom. The van der Waals surface area contributed by atoms with Crippen molar-refractivity contribution in [1.82, 2.24) is 5.32 Å². The fourth-order valence-electron chi connectivity index (χ4n) is 2.86. The van der Waals surface area contributed by atoms with Crippen LogP contribution in [-0.4, -0.2) is 32.0 Å². The second-order valence-electron chi connectivity index (χ2n) is 6.13. The lowest BCUT2D eigenvalue weighted by Crippen LogP contribution is -2.23. The Morgan fingerprint density at radius 2 is 1.96 bits per heavy atom. The van der Waals surface area contributed by atoms with Crippen molar-refractivity contribution in [3.8, 4) is 23.0 Å². The fraction of sp³-hybridized carbons (Fsp3) is 0.350. The van der Waals surface area contributed by atoms with E-state index >= 15 is 0 Å². The molecule has 0 aromatic heterocycles. The zero-order valence-corrected chi connectivity index (χ0v) is 15.4. The number of ether oxygens (including phenoxy) is 4. The van der Waals surface area contributed by atoms with Gasteiger partial charge in [-0.15, -0.1) is 0 Å². The van der Waals surface area contributed by atoms with Gasteiger partial charge in [-0.3, -0.25) is 4.79 Å². The Labute approximate surface area is 157 Å². The summed E-state index contributed by atoms with van der Waals surface area (Å²) in [6, 6.07) is 10.7. The van der Waals surface area contributed by atoms with Crippen LogP contribution in [0.25, 0.3) is 0 Å². The third-order valence-electron chi connectivity index (χ3n) is 4.37. The molecule has 27 heavy (non-hydrogen) atoms. The highest BCUT2D eigenvalue weighted by Crippen LogP contribution is 2.33. The average molecular weight is 373 g/mol. The second-order valence-corrected chi connectivity index (χ2v) is 6.13. The van der Waals surface area contributed by atoms with Crippen LogP contribution >= 0.6 is 0 Å². The molecule has 2 N–H and O–H groups in total. The minimum Gasteiger partial charge on any atom is -0.497 e. The number of rotatable bonds is 8. The molecule has 1 aliphatic rings.